The monoisotopic (exact) mass is 807 g/mol. The molecule has 0 spiro atoms. The maximum atomic E-state index is 14.4. The van der Waals surface area contributed by atoms with Gasteiger partial charge in [0.25, 0.3) is 5.91 Å². The van der Waals surface area contributed by atoms with Crippen molar-refractivity contribution in [3.8, 4) is 0 Å². The number of benzene rings is 2. The van der Waals surface area contributed by atoms with Crippen LogP contribution in [0.5, 0.6) is 0 Å². The predicted octanol–water partition coefficient (Wildman–Crippen LogP) is 5.77. The van der Waals surface area contributed by atoms with Gasteiger partial charge in [-0.2, -0.15) is 0 Å². The minimum atomic E-state index is -1.05. The Kier molecular flexibility index (Phi) is 14.3. The summed E-state index contributed by atoms with van der Waals surface area (Å²) in [7, 11) is 0. The van der Waals surface area contributed by atoms with Crippen LogP contribution in [0.2, 0.25) is 5.02 Å². The van der Waals surface area contributed by atoms with Crippen LogP contribution in [-0.4, -0.2) is 139 Å². The van der Waals surface area contributed by atoms with Crippen molar-refractivity contribution in [2.24, 2.45) is 0 Å². The first-order valence-corrected chi connectivity index (χ1v) is 21.3. The second-order valence-electron chi connectivity index (χ2n) is 17.1. The third-order valence-corrected chi connectivity index (χ3v) is 12.4. The van der Waals surface area contributed by atoms with Gasteiger partial charge in [0.2, 0.25) is 0 Å². The number of carbonyl (C=O) groups is 4. The van der Waals surface area contributed by atoms with E-state index in [9.17, 15) is 19.2 Å². The zero-order valence-electron chi connectivity index (χ0n) is 34.3. The average Bonchev–Trinajstić information content (AvgIpc) is 3.36. The molecule has 2 aromatic rings. The quantitative estimate of drug-likeness (QED) is 0.165. The molecule has 3 fully saturated rings. The number of piperidine rings is 2. The number of halogens is 1. The molecule has 6 rings (SSSR count). The van der Waals surface area contributed by atoms with E-state index in [0.29, 0.717) is 75.5 Å². The maximum Gasteiger partial charge on any atom is 0.410 e. The molecule has 4 amide bonds. The third kappa shape index (κ3) is 10.9. The van der Waals surface area contributed by atoms with Crippen molar-refractivity contribution in [2.45, 2.75) is 103 Å². The van der Waals surface area contributed by atoms with Gasteiger partial charge >= 0.3 is 18.1 Å². The fraction of sp³-hybridized carbons (Fsp3) is 0.628. The standard InChI is InChI=1S/C43H62ClN7O6/c1-5-6-25-56-38(52)29-47-16-12-32(13-17-47)48-21-23-49(24-22-48)40(53)37(28-30-26-34(43(2,3)4)39(45)35(44)27-30)57-42(55)50-18-14-33(15-19-50)51-20-11-31-9-7-8-10-36(31)46-41(51)54/h7-10,26-27,32-33,37H,5-6,11-25,28-29,45H2,1-4H3,(H,46,54)/t37-/m1/s1. The molecule has 312 valence electrons. The lowest BCUT2D eigenvalue weighted by atomic mass is 9.84. The van der Waals surface area contributed by atoms with E-state index in [0.717, 1.165) is 80.7 Å². The van der Waals surface area contributed by atoms with Crippen molar-refractivity contribution in [1.29, 1.82) is 0 Å². The molecule has 0 bridgehead atoms. The smallest absolute Gasteiger partial charge is 0.410 e. The minimum Gasteiger partial charge on any atom is -0.465 e. The number of nitrogens with two attached hydrogens (primary N) is 1. The molecule has 0 radical (unpaired) electrons. The number of fused-ring (bicyclic) bond motifs is 1. The van der Waals surface area contributed by atoms with Crippen LogP contribution in [-0.2, 0) is 37.3 Å². The molecule has 57 heavy (non-hydrogen) atoms. The van der Waals surface area contributed by atoms with Crippen molar-refractivity contribution < 1.29 is 28.7 Å². The van der Waals surface area contributed by atoms with Gasteiger partial charge in [-0.25, -0.2) is 9.59 Å². The lowest BCUT2D eigenvalue weighted by molar-refractivity contribution is -0.145. The second kappa shape index (κ2) is 19.1. The summed E-state index contributed by atoms with van der Waals surface area (Å²) < 4.78 is 11.5. The Morgan fingerprint density at radius 2 is 1.60 bits per heavy atom. The van der Waals surface area contributed by atoms with E-state index in [2.05, 4.69) is 42.8 Å². The second-order valence-corrected chi connectivity index (χ2v) is 17.5. The number of hydrogen-bond acceptors (Lipinski definition) is 9. The normalized spacial score (nSPS) is 19.7. The van der Waals surface area contributed by atoms with E-state index < -0.39 is 12.2 Å². The van der Waals surface area contributed by atoms with Crippen molar-refractivity contribution in [3.63, 3.8) is 0 Å². The van der Waals surface area contributed by atoms with Crippen LogP contribution < -0.4 is 11.1 Å². The summed E-state index contributed by atoms with van der Waals surface area (Å²) >= 11 is 6.64. The summed E-state index contributed by atoms with van der Waals surface area (Å²) in [6, 6.07) is 11.9. The third-order valence-electron chi connectivity index (χ3n) is 12.1. The number of rotatable bonds is 11. The van der Waals surface area contributed by atoms with Gasteiger partial charge in [0.05, 0.1) is 23.9 Å². The largest absolute Gasteiger partial charge is 0.465 e. The zero-order valence-corrected chi connectivity index (χ0v) is 35.0. The van der Waals surface area contributed by atoms with E-state index in [-0.39, 0.29) is 35.8 Å². The number of amides is 4. The molecule has 1 atom stereocenters. The van der Waals surface area contributed by atoms with E-state index >= 15 is 0 Å². The van der Waals surface area contributed by atoms with E-state index in [1.165, 1.54) is 0 Å². The fourth-order valence-corrected chi connectivity index (χ4v) is 8.85. The van der Waals surface area contributed by atoms with E-state index in [1.807, 2.05) is 40.1 Å². The molecule has 14 heteroatoms. The molecule has 3 N–H and O–H groups in total. The number of unbranched alkanes of at least 4 members (excludes halogenated alkanes) is 1. The Balaban J connectivity index is 1.07. The van der Waals surface area contributed by atoms with Crippen molar-refractivity contribution >= 4 is 47.0 Å². The number of hydrogen-bond donors (Lipinski definition) is 2. The molecule has 3 saturated heterocycles. The van der Waals surface area contributed by atoms with Gasteiger partial charge in [0.1, 0.15) is 0 Å². The van der Waals surface area contributed by atoms with Gasteiger partial charge in [0.15, 0.2) is 6.10 Å². The lowest BCUT2D eigenvalue weighted by Crippen LogP contribution is -2.57. The van der Waals surface area contributed by atoms with Gasteiger partial charge < -0.3 is 35.2 Å². The molecule has 0 unspecified atom stereocenters. The molecule has 0 aliphatic carbocycles. The summed E-state index contributed by atoms with van der Waals surface area (Å²) in [6.07, 6.45) is 4.37. The number of nitrogens with zero attached hydrogens (tertiary/aromatic N) is 5. The number of ether oxygens (including phenoxy) is 2. The van der Waals surface area contributed by atoms with Crippen LogP contribution in [0.1, 0.15) is 82.9 Å². The number of anilines is 2. The summed E-state index contributed by atoms with van der Waals surface area (Å²) in [4.78, 5) is 63.6. The van der Waals surface area contributed by atoms with Crippen LogP contribution in [0, 0.1) is 0 Å². The molecule has 0 saturated carbocycles. The number of nitrogens with one attached hydrogen (secondary N) is 1. The Morgan fingerprint density at radius 3 is 2.28 bits per heavy atom. The first kappa shape index (κ1) is 42.5. The Bertz CT molecular complexity index is 1730. The predicted molar refractivity (Wildman–Crippen MR) is 222 cm³/mol. The molecular formula is C43H62ClN7O6. The lowest BCUT2D eigenvalue weighted by Gasteiger charge is -2.43. The maximum absolute atomic E-state index is 14.4. The highest BCUT2D eigenvalue weighted by molar-refractivity contribution is 6.33. The number of likely N-dealkylation sites (tertiary alicyclic amines) is 2. The van der Waals surface area contributed by atoms with Crippen LogP contribution in [0.25, 0.3) is 0 Å². The highest BCUT2D eigenvalue weighted by Crippen LogP contribution is 2.35. The van der Waals surface area contributed by atoms with Crippen LogP contribution in [0.4, 0.5) is 21.0 Å². The highest BCUT2D eigenvalue weighted by Gasteiger charge is 2.37. The molecule has 13 nitrogen and oxygen atoms in total. The summed E-state index contributed by atoms with van der Waals surface area (Å²) in [5.41, 5.74) is 10.2. The molecule has 2 aromatic carbocycles. The zero-order chi connectivity index (χ0) is 40.7. The molecule has 4 heterocycles. The van der Waals surface area contributed by atoms with E-state index in [1.54, 1.807) is 11.0 Å². The first-order valence-electron chi connectivity index (χ1n) is 20.9. The summed E-state index contributed by atoms with van der Waals surface area (Å²) in [5.74, 6) is -0.376. The minimum absolute atomic E-state index is 0.0101. The van der Waals surface area contributed by atoms with E-state index in [4.69, 9.17) is 26.8 Å². The molecule has 0 aromatic heterocycles. The van der Waals surface area contributed by atoms with Gasteiger partial charge in [-0.05, 0) is 72.8 Å². The van der Waals surface area contributed by atoms with Gasteiger partial charge in [-0.3, -0.25) is 19.4 Å². The highest BCUT2D eigenvalue weighted by atomic mass is 35.5. The van der Waals surface area contributed by atoms with Crippen LogP contribution in [0.15, 0.2) is 36.4 Å². The van der Waals surface area contributed by atoms with Crippen LogP contribution in [0.3, 0.4) is 0 Å². The number of carbonyl (C=O) groups excluding carboxylic acids is 4. The van der Waals surface area contributed by atoms with Gasteiger partial charge in [-0.1, -0.05) is 70.0 Å². The molecular weight excluding hydrogens is 746 g/mol. The Morgan fingerprint density at radius 1 is 0.912 bits per heavy atom. The van der Waals surface area contributed by atoms with Gasteiger partial charge in [-0.15, -0.1) is 0 Å². The first-order chi connectivity index (χ1) is 27.3. The van der Waals surface area contributed by atoms with Crippen molar-refractivity contribution in [1.82, 2.24) is 24.5 Å². The number of para-hydroxylation sites is 1. The van der Waals surface area contributed by atoms with Crippen molar-refractivity contribution in [3.05, 3.63) is 58.1 Å². The number of esters is 1. The SMILES string of the molecule is CCCCOC(=O)CN1CCC(N2CCN(C(=O)[C@@H](Cc3cc(Cl)c(N)c(C(C)(C)C)c3)OC(=O)N3CCC(N4CCc5ccccc5NC4=O)CC3)CC2)CC1. The number of nitrogen functional groups attached to an aromatic ring is 1. The fourth-order valence-electron chi connectivity index (χ4n) is 8.61. The Labute approximate surface area is 343 Å². The molecule has 4 aliphatic rings. The average molecular weight is 808 g/mol. The van der Waals surface area contributed by atoms with Crippen molar-refractivity contribution in [2.75, 3.05) is 83.1 Å². The number of piperazine rings is 1. The number of urea groups is 1. The Hall–Kier alpha value is -4.07. The summed E-state index contributed by atoms with van der Waals surface area (Å²) in [6.45, 7) is 14.7. The summed E-state index contributed by atoms with van der Waals surface area (Å²) in [5, 5.41) is 3.46. The topological polar surface area (TPSA) is 141 Å². The molecule has 4 aliphatic heterocycles. The van der Waals surface area contributed by atoms with Crippen LogP contribution >= 0.6 is 11.6 Å². The van der Waals surface area contributed by atoms with Gasteiger partial charge in [0, 0.05) is 83.1 Å².